The van der Waals surface area contributed by atoms with Gasteiger partial charge in [-0.25, -0.2) is 4.98 Å². The van der Waals surface area contributed by atoms with Crippen LogP contribution in [0.15, 0.2) is 42.7 Å². The zero-order chi connectivity index (χ0) is 12.5. The highest BCUT2D eigenvalue weighted by atomic mass is 35.5. The topological polar surface area (TPSA) is 30.7 Å². The molecule has 3 nitrogen and oxygen atoms in total. The molecule has 18 heavy (non-hydrogen) atoms. The maximum atomic E-state index is 6.02. The van der Waals surface area contributed by atoms with Gasteiger partial charge in [-0.05, 0) is 12.1 Å². The molecular weight excluding hydrogens is 269 g/mol. The fourth-order valence-corrected chi connectivity index (χ4v) is 2.13. The van der Waals surface area contributed by atoms with E-state index in [1.54, 1.807) is 10.9 Å². The smallest absolute Gasteiger partial charge is 0.166 e. The van der Waals surface area contributed by atoms with Gasteiger partial charge in [0.05, 0.1) is 24.1 Å². The molecule has 0 N–H and O–H groups in total. The van der Waals surface area contributed by atoms with Gasteiger partial charge in [0, 0.05) is 5.39 Å². The molecule has 0 aliphatic heterocycles. The highest BCUT2D eigenvalue weighted by Gasteiger charge is 2.07. The summed E-state index contributed by atoms with van der Waals surface area (Å²) in [6.45, 7) is 0.559. The Balaban J connectivity index is 1.98. The Morgan fingerprint density at radius 3 is 2.67 bits per heavy atom. The van der Waals surface area contributed by atoms with Gasteiger partial charge < -0.3 is 4.57 Å². The summed E-state index contributed by atoms with van der Waals surface area (Å²) in [6.07, 6.45) is 1.61. The average molecular weight is 278 g/mol. The van der Waals surface area contributed by atoms with E-state index in [-0.39, 0.29) is 0 Å². The molecule has 0 atom stereocenters. The fraction of sp³-hybridized carbons (Fsp3) is 0.0769. The highest BCUT2D eigenvalue weighted by molar-refractivity contribution is 6.40. The van der Waals surface area contributed by atoms with Crippen molar-refractivity contribution in [2.45, 2.75) is 6.54 Å². The maximum Gasteiger partial charge on any atom is 0.166 e. The van der Waals surface area contributed by atoms with Crippen LogP contribution in [-0.4, -0.2) is 14.5 Å². The zero-order valence-corrected chi connectivity index (χ0v) is 10.9. The lowest BCUT2D eigenvalue weighted by Crippen LogP contribution is -2.00. The summed E-state index contributed by atoms with van der Waals surface area (Å²) in [5.74, 6) is 0. The average Bonchev–Trinajstić information content (AvgIpc) is 2.71. The van der Waals surface area contributed by atoms with Gasteiger partial charge in [-0.3, -0.25) is 4.98 Å². The molecule has 0 saturated carbocycles. The number of halogens is 2. The molecule has 0 aliphatic rings. The molecule has 0 radical (unpaired) electrons. The summed E-state index contributed by atoms with van der Waals surface area (Å²) in [6, 6.07) is 12.0. The van der Waals surface area contributed by atoms with E-state index in [4.69, 9.17) is 23.2 Å². The number of nitrogens with zero attached hydrogens (tertiary/aromatic N) is 3. The van der Waals surface area contributed by atoms with Crippen molar-refractivity contribution in [1.82, 2.24) is 14.5 Å². The first-order valence-electron chi connectivity index (χ1n) is 5.45. The summed E-state index contributed by atoms with van der Waals surface area (Å²) in [4.78, 5) is 8.51. The number of hydrogen-bond acceptors (Lipinski definition) is 2. The fourth-order valence-electron chi connectivity index (χ4n) is 1.82. The van der Waals surface area contributed by atoms with Crippen LogP contribution < -0.4 is 0 Å². The number of fused-ring (bicyclic) bond motifs is 1. The quantitative estimate of drug-likeness (QED) is 0.714. The second-order valence-corrected chi connectivity index (χ2v) is 4.67. The first-order valence-corrected chi connectivity index (χ1v) is 6.20. The predicted octanol–water partition coefficient (Wildman–Crippen LogP) is 3.79. The van der Waals surface area contributed by atoms with Crippen LogP contribution in [0.25, 0.3) is 10.9 Å². The molecule has 0 amide bonds. The normalized spacial score (nSPS) is 11.0. The monoisotopic (exact) mass is 277 g/mol. The van der Waals surface area contributed by atoms with Gasteiger partial charge >= 0.3 is 0 Å². The van der Waals surface area contributed by atoms with E-state index in [9.17, 15) is 0 Å². The van der Waals surface area contributed by atoms with Gasteiger partial charge in [0.1, 0.15) is 5.15 Å². The van der Waals surface area contributed by atoms with Crippen molar-refractivity contribution in [1.29, 1.82) is 0 Å². The molecule has 0 fully saturated rings. The van der Waals surface area contributed by atoms with Gasteiger partial charge in [0.15, 0.2) is 5.15 Å². The van der Waals surface area contributed by atoms with E-state index in [2.05, 4.69) is 9.97 Å². The minimum atomic E-state index is 0.317. The largest absolute Gasteiger partial charge is 0.314 e. The Kier molecular flexibility index (Phi) is 2.94. The Morgan fingerprint density at radius 2 is 1.89 bits per heavy atom. The second kappa shape index (κ2) is 4.59. The number of rotatable bonds is 2. The second-order valence-electron chi connectivity index (χ2n) is 3.95. The van der Waals surface area contributed by atoms with Gasteiger partial charge in [-0.15, -0.1) is 0 Å². The molecule has 90 valence electrons. The predicted molar refractivity (Wildman–Crippen MR) is 73.1 cm³/mol. The molecule has 0 aliphatic carbocycles. The van der Waals surface area contributed by atoms with E-state index in [0.717, 1.165) is 16.6 Å². The van der Waals surface area contributed by atoms with E-state index in [0.29, 0.717) is 16.9 Å². The van der Waals surface area contributed by atoms with Crippen molar-refractivity contribution < 1.29 is 0 Å². The summed E-state index contributed by atoms with van der Waals surface area (Å²) < 4.78 is 1.76. The molecule has 0 spiro atoms. The Bertz CT molecular complexity index is 706. The molecular formula is C13H9Cl2N3. The number of benzene rings is 1. The minimum Gasteiger partial charge on any atom is -0.314 e. The SMILES string of the molecule is Clc1ncn(Cc2ccc3ccccc3n2)c1Cl. The first-order chi connectivity index (χ1) is 8.74. The van der Waals surface area contributed by atoms with Crippen LogP contribution in [0.5, 0.6) is 0 Å². The number of hydrogen-bond donors (Lipinski definition) is 0. The summed E-state index contributed by atoms with van der Waals surface area (Å²) in [7, 11) is 0. The van der Waals surface area contributed by atoms with Crippen LogP contribution in [-0.2, 0) is 6.54 Å². The molecule has 0 bridgehead atoms. The maximum absolute atomic E-state index is 6.02. The molecule has 2 aromatic heterocycles. The standard InChI is InChI=1S/C13H9Cl2N3/c14-12-13(15)18(8-16-12)7-10-6-5-9-3-1-2-4-11(9)17-10/h1-6,8H,7H2. The van der Waals surface area contributed by atoms with Crippen LogP contribution in [0.4, 0.5) is 0 Å². The van der Waals surface area contributed by atoms with E-state index >= 15 is 0 Å². The number of pyridine rings is 1. The lowest BCUT2D eigenvalue weighted by Gasteiger charge is -2.05. The number of aromatic nitrogens is 3. The van der Waals surface area contributed by atoms with Crippen molar-refractivity contribution in [2.24, 2.45) is 0 Å². The van der Waals surface area contributed by atoms with E-state index in [1.165, 1.54) is 0 Å². The Labute approximate surface area is 114 Å². The molecule has 0 unspecified atom stereocenters. The molecule has 3 aromatic rings. The van der Waals surface area contributed by atoms with Crippen molar-refractivity contribution in [2.75, 3.05) is 0 Å². The lowest BCUT2D eigenvalue weighted by atomic mass is 10.2. The molecule has 2 heterocycles. The van der Waals surface area contributed by atoms with Gasteiger partial charge in [0.2, 0.25) is 0 Å². The van der Waals surface area contributed by atoms with Crippen LogP contribution >= 0.6 is 23.2 Å². The van der Waals surface area contributed by atoms with Crippen molar-refractivity contribution >= 4 is 34.1 Å². The van der Waals surface area contributed by atoms with Crippen molar-refractivity contribution in [3.63, 3.8) is 0 Å². The van der Waals surface area contributed by atoms with Crippen LogP contribution in [0.1, 0.15) is 5.69 Å². The number of imidazole rings is 1. The molecule has 1 aromatic carbocycles. The summed E-state index contributed by atoms with van der Waals surface area (Å²) >= 11 is 11.8. The molecule has 5 heteroatoms. The van der Waals surface area contributed by atoms with E-state index < -0.39 is 0 Å². The lowest BCUT2D eigenvalue weighted by molar-refractivity contribution is 0.778. The van der Waals surface area contributed by atoms with Crippen LogP contribution in [0.2, 0.25) is 10.3 Å². The Hall–Kier alpha value is -1.58. The summed E-state index contributed by atoms with van der Waals surface area (Å²) in [5, 5.41) is 1.88. The van der Waals surface area contributed by atoms with Gasteiger partial charge in [-0.2, -0.15) is 0 Å². The first kappa shape index (κ1) is 11.5. The number of para-hydroxylation sites is 1. The van der Waals surface area contributed by atoms with E-state index in [1.807, 2.05) is 36.4 Å². The van der Waals surface area contributed by atoms with Crippen LogP contribution in [0, 0.1) is 0 Å². The van der Waals surface area contributed by atoms with Crippen molar-refractivity contribution in [3.8, 4) is 0 Å². The Morgan fingerprint density at radius 1 is 1.06 bits per heavy atom. The molecule has 3 rings (SSSR count). The van der Waals surface area contributed by atoms with Gasteiger partial charge in [-0.1, -0.05) is 47.5 Å². The third-order valence-electron chi connectivity index (χ3n) is 2.72. The van der Waals surface area contributed by atoms with Crippen molar-refractivity contribution in [3.05, 3.63) is 58.7 Å². The van der Waals surface area contributed by atoms with Gasteiger partial charge in [0.25, 0.3) is 0 Å². The zero-order valence-electron chi connectivity index (χ0n) is 9.35. The molecule has 0 saturated heterocycles. The highest BCUT2D eigenvalue weighted by Crippen LogP contribution is 2.21. The van der Waals surface area contributed by atoms with Crippen LogP contribution in [0.3, 0.4) is 0 Å². The minimum absolute atomic E-state index is 0.317. The third-order valence-corrected chi connectivity index (χ3v) is 3.49. The third kappa shape index (κ3) is 2.07. The summed E-state index contributed by atoms with van der Waals surface area (Å²) in [5.41, 5.74) is 1.89.